The van der Waals surface area contributed by atoms with Crippen LogP contribution < -0.4 is 22.5 Å². The second-order valence-corrected chi connectivity index (χ2v) is 5.89. The topological polar surface area (TPSA) is 157 Å². The summed E-state index contributed by atoms with van der Waals surface area (Å²) in [4.78, 5) is 27.4. The Morgan fingerprint density at radius 3 is 2.46 bits per heavy atom. The highest BCUT2D eigenvalue weighted by Crippen LogP contribution is 2.12. The Labute approximate surface area is 141 Å². The maximum atomic E-state index is 12.4. The van der Waals surface area contributed by atoms with Gasteiger partial charge >= 0.3 is 5.97 Å². The number of carbonyl (C=O) groups excluding carboxylic acids is 1. The lowest BCUT2D eigenvalue weighted by atomic mass is 9.92. The van der Waals surface area contributed by atoms with Crippen LogP contribution in [0, 0.1) is 0 Å². The highest BCUT2D eigenvalue weighted by atomic mass is 16.4. The maximum absolute atomic E-state index is 12.4. The number of guanidine groups is 1. The van der Waals surface area contributed by atoms with E-state index in [-0.39, 0.29) is 12.4 Å². The number of carbonyl (C=O) groups is 2. The monoisotopic (exact) mass is 335 g/mol. The molecule has 0 radical (unpaired) electrons. The molecule has 8 N–H and O–H groups in total. The van der Waals surface area contributed by atoms with Gasteiger partial charge in [-0.3, -0.25) is 9.79 Å². The smallest absolute Gasteiger partial charge is 0.326 e. The number of aliphatic carboxylic acids is 1. The molecule has 0 bridgehead atoms. The van der Waals surface area contributed by atoms with Crippen molar-refractivity contribution in [2.24, 2.45) is 22.2 Å². The van der Waals surface area contributed by atoms with Crippen molar-refractivity contribution in [3.63, 3.8) is 0 Å². The summed E-state index contributed by atoms with van der Waals surface area (Å²) in [6.45, 7) is 1.87. The largest absolute Gasteiger partial charge is 0.480 e. The van der Waals surface area contributed by atoms with Crippen LogP contribution in [-0.4, -0.2) is 41.1 Å². The molecule has 8 heteroatoms. The zero-order valence-corrected chi connectivity index (χ0v) is 13.7. The second kappa shape index (κ2) is 8.88. The number of nitrogens with two attached hydrogens (primary N) is 3. The van der Waals surface area contributed by atoms with Gasteiger partial charge in [0.15, 0.2) is 5.96 Å². The second-order valence-electron chi connectivity index (χ2n) is 5.89. The first-order valence-corrected chi connectivity index (χ1v) is 7.64. The van der Waals surface area contributed by atoms with Gasteiger partial charge in [-0.2, -0.15) is 0 Å². The summed E-state index contributed by atoms with van der Waals surface area (Å²) in [6.07, 6.45) is 0.939. The number of nitrogens with one attached hydrogen (secondary N) is 1. The van der Waals surface area contributed by atoms with E-state index in [1.807, 2.05) is 30.3 Å². The molecule has 0 spiro atoms. The van der Waals surface area contributed by atoms with Gasteiger partial charge < -0.3 is 27.6 Å². The maximum Gasteiger partial charge on any atom is 0.326 e. The van der Waals surface area contributed by atoms with E-state index < -0.39 is 23.5 Å². The predicted molar refractivity (Wildman–Crippen MR) is 92.2 cm³/mol. The van der Waals surface area contributed by atoms with Crippen LogP contribution in [0.3, 0.4) is 0 Å². The zero-order valence-electron chi connectivity index (χ0n) is 13.7. The summed E-state index contributed by atoms with van der Waals surface area (Å²) in [5.41, 5.74) is 16.2. The molecule has 0 unspecified atom stereocenters. The molecule has 1 aromatic rings. The minimum atomic E-state index is -1.21. The van der Waals surface area contributed by atoms with Gasteiger partial charge in [-0.15, -0.1) is 0 Å². The van der Waals surface area contributed by atoms with Crippen molar-refractivity contribution < 1.29 is 14.7 Å². The molecule has 0 heterocycles. The number of hydrogen-bond donors (Lipinski definition) is 5. The van der Waals surface area contributed by atoms with Crippen LogP contribution in [0.1, 0.15) is 25.3 Å². The Morgan fingerprint density at radius 2 is 1.92 bits per heavy atom. The minimum absolute atomic E-state index is 0.0525. The van der Waals surface area contributed by atoms with E-state index in [9.17, 15) is 14.7 Å². The first kappa shape index (κ1) is 19.4. The van der Waals surface area contributed by atoms with Gasteiger partial charge in [0.1, 0.15) is 6.04 Å². The lowest BCUT2D eigenvalue weighted by Gasteiger charge is -2.26. The van der Waals surface area contributed by atoms with Crippen LogP contribution in [0.4, 0.5) is 0 Å². The van der Waals surface area contributed by atoms with Gasteiger partial charge in [0.2, 0.25) is 5.91 Å². The standard InChI is InChI=1S/C16H25N5O3/c1-16(19,10-11-6-3-2-4-7-11)14(24)21-12(13(22)23)8-5-9-20-15(17)18/h2-4,6-7,12H,5,8-10,19H2,1H3,(H,21,24)(H,22,23)(H4,17,18,20)/t12-,16-/m0/s1. The van der Waals surface area contributed by atoms with Crippen molar-refractivity contribution >= 4 is 17.8 Å². The highest BCUT2D eigenvalue weighted by molar-refractivity contribution is 5.89. The van der Waals surface area contributed by atoms with Crippen LogP contribution in [0.15, 0.2) is 35.3 Å². The third-order valence-corrected chi connectivity index (χ3v) is 3.48. The number of benzene rings is 1. The summed E-state index contributed by atoms with van der Waals surface area (Å²) in [5.74, 6) is -1.69. The van der Waals surface area contributed by atoms with E-state index in [4.69, 9.17) is 17.2 Å². The molecule has 1 aromatic carbocycles. The lowest BCUT2D eigenvalue weighted by Crippen LogP contribution is -2.56. The first-order valence-electron chi connectivity index (χ1n) is 7.64. The average molecular weight is 335 g/mol. The minimum Gasteiger partial charge on any atom is -0.480 e. The van der Waals surface area contributed by atoms with Crippen LogP contribution in [0.2, 0.25) is 0 Å². The van der Waals surface area contributed by atoms with Crippen LogP contribution in [-0.2, 0) is 16.0 Å². The Hall–Kier alpha value is -2.61. The number of nitrogens with zero attached hydrogens (tertiary/aromatic N) is 1. The van der Waals surface area contributed by atoms with Gasteiger partial charge in [0.05, 0.1) is 5.54 Å². The molecule has 1 amide bonds. The molecular formula is C16H25N5O3. The molecule has 0 fully saturated rings. The van der Waals surface area contributed by atoms with Crippen LogP contribution in [0.5, 0.6) is 0 Å². The van der Waals surface area contributed by atoms with Gasteiger partial charge in [-0.05, 0) is 31.7 Å². The van der Waals surface area contributed by atoms with Crippen molar-refractivity contribution in [2.45, 2.75) is 37.8 Å². The number of carboxylic acid groups (broad SMARTS) is 1. The Morgan fingerprint density at radius 1 is 1.29 bits per heavy atom. The van der Waals surface area contributed by atoms with E-state index >= 15 is 0 Å². The van der Waals surface area contributed by atoms with Gasteiger partial charge in [-0.1, -0.05) is 30.3 Å². The van der Waals surface area contributed by atoms with Crippen molar-refractivity contribution in [1.29, 1.82) is 0 Å². The zero-order chi connectivity index (χ0) is 18.2. The Balaban J connectivity index is 2.63. The predicted octanol–water partition coefficient (Wildman–Crippen LogP) is -0.430. The van der Waals surface area contributed by atoms with E-state index in [0.717, 1.165) is 5.56 Å². The van der Waals surface area contributed by atoms with E-state index in [1.54, 1.807) is 6.92 Å². The van der Waals surface area contributed by atoms with Gasteiger partial charge in [-0.25, -0.2) is 4.79 Å². The molecule has 0 aliphatic rings. The Kier molecular flexibility index (Phi) is 7.19. The average Bonchev–Trinajstić information content (AvgIpc) is 2.50. The molecule has 0 saturated carbocycles. The molecule has 8 nitrogen and oxygen atoms in total. The summed E-state index contributed by atoms with van der Waals surface area (Å²) in [6, 6.07) is 8.27. The highest BCUT2D eigenvalue weighted by Gasteiger charge is 2.31. The number of rotatable bonds is 9. The quantitative estimate of drug-likeness (QED) is 0.234. The Bertz CT molecular complexity index is 583. The third-order valence-electron chi connectivity index (χ3n) is 3.48. The fraction of sp³-hybridized carbons (Fsp3) is 0.438. The summed E-state index contributed by atoms with van der Waals surface area (Å²) < 4.78 is 0. The fourth-order valence-electron chi connectivity index (χ4n) is 2.18. The molecule has 0 aliphatic heterocycles. The van der Waals surface area contributed by atoms with Crippen molar-refractivity contribution in [3.8, 4) is 0 Å². The van der Waals surface area contributed by atoms with Crippen molar-refractivity contribution in [3.05, 3.63) is 35.9 Å². The molecule has 132 valence electrons. The number of carboxylic acids is 1. The molecule has 0 aliphatic carbocycles. The molecule has 1 rings (SSSR count). The molecule has 0 aromatic heterocycles. The first-order chi connectivity index (χ1) is 11.2. The van der Waals surface area contributed by atoms with Gasteiger partial charge in [0.25, 0.3) is 0 Å². The summed E-state index contributed by atoms with van der Waals surface area (Å²) in [5, 5.41) is 11.7. The molecule has 2 atom stereocenters. The fourth-order valence-corrected chi connectivity index (χ4v) is 2.18. The number of aliphatic imine (C=N–C) groups is 1. The molecule has 0 saturated heterocycles. The van der Waals surface area contributed by atoms with Gasteiger partial charge in [0, 0.05) is 6.54 Å². The third kappa shape index (κ3) is 6.66. The SMILES string of the molecule is C[C@](N)(Cc1ccccc1)C(=O)N[C@@H](CCCN=C(N)N)C(=O)O. The van der Waals surface area contributed by atoms with E-state index in [2.05, 4.69) is 10.3 Å². The van der Waals surface area contributed by atoms with E-state index in [1.165, 1.54) is 0 Å². The normalized spacial score (nSPS) is 14.2. The number of amides is 1. The summed E-state index contributed by atoms with van der Waals surface area (Å²) >= 11 is 0. The lowest BCUT2D eigenvalue weighted by molar-refractivity contribution is -0.142. The van der Waals surface area contributed by atoms with Crippen molar-refractivity contribution in [2.75, 3.05) is 6.54 Å². The van der Waals surface area contributed by atoms with E-state index in [0.29, 0.717) is 19.4 Å². The van der Waals surface area contributed by atoms with Crippen LogP contribution >= 0.6 is 0 Å². The molecule has 24 heavy (non-hydrogen) atoms. The van der Waals surface area contributed by atoms with Crippen LogP contribution in [0.25, 0.3) is 0 Å². The molecular weight excluding hydrogens is 310 g/mol. The van der Waals surface area contributed by atoms with Crippen molar-refractivity contribution in [1.82, 2.24) is 5.32 Å². The summed E-state index contributed by atoms with van der Waals surface area (Å²) in [7, 11) is 0. The number of hydrogen-bond acceptors (Lipinski definition) is 4.